The van der Waals surface area contributed by atoms with E-state index in [1.54, 1.807) is 0 Å². The van der Waals surface area contributed by atoms with E-state index in [1.807, 2.05) is 18.2 Å². The third kappa shape index (κ3) is 3.25. The van der Waals surface area contributed by atoms with Crippen LogP contribution in [0.25, 0.3) is 72.2 Å². The number of hydrogen-bond acceptors (Lipinski definition) is 3. The monoisotopic (exact) mass is 501 g/mol. The molecule has 8 aromatic rings. The van der Waals surface area contributed by atoms with Crippen LogP contribution in [-0.2, 0) is 0 Å². The van der Waals surface area contributed by atoms with Gasteiger partial charge in [-0.15, -0.1) is 0 Å². The SMILES string of the molecule is Cc1ccccc1-c1cccc2c1oc1nc(-n3c4ccccc4c4ccccc43)nc(-c3ccccc3)c12. The van der Waals surface area contributed by atoms with Crippen LogP contribution < -0.4 is 0 Å². The normalized spacial score (nSPS) is 11.7. The molecule has 3 aromatic heterocycles. The zero-order valence-electron chi connectivity index (χ0n) is 21.3. The summed E-state index contributed by atoms with van der Waals surface area (Å²) in [7, 11) is 0. The highest BCUT2D eigenvalue weighted by atomic mass is 16.3. The summed E-state index contributed by atoms with van der Waals surface area (Å²) in [6.07, 6.45) is 0. The first-order valence-electron chi connectivity index (χ1n) is 13.1. The van der Waals surface area contributed by atoms with Crippen molar-refractivity contribution >= 4 is 43.9 Å². The molecule has 0 aliphatic carbocycles. The third-order valence-corrected chi connectivity index (χ3v) is 7.61. The second-order valence-electron chi connectivity index (χ2n) is 9.89. The molecule has 0 atom stereocenters. The molecule has 0 radical (unpaired) electrons. The molecule has 8 rings (SSSR count). The van der Waals surface area contributed by atoms with Gasteiger partial charge >= 0.3 is 0 Å². The summed E-state index contributed by atoms with van der Waals surface area (Å²) in [4.78, 5) is 10.3. The van der Waals surface area contributed by atoms with Crippen LogP contribution in [0.2, 0.25) is 0 Å². The summed E-state index contributed by atoms with van der Waals surface area (Å²) in [5, 5.41) is 4.28. The maximum absolute atomic E-state index is 6.65. The van der Waals surface area contributed by atoms with Gasteiger partial charge in [0.1, 0.15) is 5.58 Å². The van der Waals surface area contributed by atoms with Crippen LogP contribution in [0.1, 0.15) is 5.56 Å². The van der Waals surface area contributed by atoms with Crippen molar-refractivity contribution < 1.29 is 4.42 Å². The molecule has 0 bridgehead atoms. The molecule has 184 valence electrons. The number of furan rings is 1. The van der Waals surface area contributed by atoms with Gasteiger partial charge in [0.05, 0.1) is 22.1 Å². The zero-order chi connectivity index (χ0) is 25.9. The fourth-order valence-electron chi connectivity index (χ4n) is 5.82. The van der Waals surface area contributed by atoms with Gasteiger partial charge in [-0.05, 0) is 30.2 Å². The molecule has 0 amide bonds. The van der Waals surface area contributed by atoms with E-state index in [1.165, 1.54) is 16.3 Å². The van der Waals surface area contributed by atoms with Crippen molar-refractivity contribution in [2.45, 2.75) is 6.92 Å². The summed E-state index contributed by atoms with van der Waals surface area (Å²) in [6.45, 7) is 2.13. The Kier molecular flexibility index (Phi) is 4.70. The standard InChI is InChI=1S/C35H23N3O/c1-22-12-5-6-15-24(22)27-18-11-19-28-31-32(23-13-3-2-4-14-23)36-35(37-34(31)39-33(27)28)38-29-20-9-7-16-25(29)26-17-8-10-21-30(26)38/h2-21H,1H3. The summed E-state index contributed by atoms with van der Waals surface area (Å²) >= 11 is 0. The van der Waals surface area contributed by atoms with Crippen LogP contribution in [0, 0.1) is 6.92 Å². The van der Waals surface area contributed by atoms with E-state index in [4.69, 9.17) is 14.4 Å². The van der Waals surface area contributed by atoms with E-state index in [0.29, 0.717) is 11.7 Å². The molecule has 0 saturated heterocycles. The predicted octanol–water partition coefficient (Wildman–Crippen LogP) is 9.12. The average Bonchev–Trinajstić information content (AvgIpc) is 3.53. The number of aromatic nitrogens is 3. The summed E-state index contributed by atoms with van der Waals surface area (Å²) in [5.41, 5.74) is 8.83. The van der Waals surface area contributed by atoms with Crippen LogP contribution in [0.15, 0.2) is 126 Å². The minimum atomic E-state index is 0.580. The fraction of sp³-hybridized carbons (Fsp3) is 0.0286. The van der Waals surface area contributed by atoms with Gasteiger partial charge in [-0.2, -0.15) is 4.98 Å². The second kappa shape index (κ2) is 8.40. The largest absolute Gasteiger partial charge is 0.437 e. The molecule has 0 unspecified atom stereocenters. The molecular weight excluding hydrogens is 478 g/mol. The van der Waals surface area contributed by atoms with Crippen molar-refractivity contribution in [2.24, 2.45) is 0 Å². The van der Waals surface area contributed by atoms with Gasteiger partial charge in [0, 0.05) is 27.3 Å². The molecule has 0 N–H and O–H groups in total. The van der Waals surface area contributed by atoms with E-state index in [2.05, 4.69) is 115 Å². The van der Waals surface area contributed by atoms with Gasteiger partial charge in [0.2, 0.25) is 11.7 Å². The minimum absolute atomic E-state index is 0.580. The maximum Gasteiger partial charge on any atom is 0.238 e. The Balaban J connectivity index is 1.51. The van der Waals surface area contributed by atoms with Crippen molar-refractivity contribution in [1.82, 2.24) is 14.5 Å². The smallest absolute Gasteiger partial charge is 0.238 e. The quantitative estimate of drug-likeness (QED) is 0.242. The van der Waals surface area contributed by atoms with E-state index in [9.17, 15) is 0 Å². The van der Waals surface area contributed by atoms with Crippen molar-refractivity contribution in [3.63, 3.8) is 0 Å². The second-order valence-corrected chi connectivity index (χ2v) is 9.89. The Morgan fingerprint density at radius 1 is 0.564 bits per heavy atom. The van der Waals surface area contributed by atoms with Crippen molar-refractivity contribution in [3.05, 3.63) is 127 Å². The predicted molar refractivity (Wildman–Crippen MR) is 159 cm³/mol. The topological polar surface area (TPSA) is 43.9 Å². The molecule has 39 heavy (non-hydrogen) atoms. The molecule has 0 saturated carbocycles. The lowest BCUT2D eigenvalue weighted by atomic mass is 9.98. The van der Waals surface area contributed by atoms with Gasteiger partial charge in [0.15, 0.2) is 0 Å². The van der Waals surface area contributed by atoms with Gasteiger partial charge in [-0.3, -0.25) is 4.57 Å². The van der Waals surface area contributed by atoms with Gasteiger partial charge in [-0.1, -0.05) is 109 Å². The average molecular weight is 502 g/mol. The molecule has 0 aliphatic heterocycles. The molecular formula is C35H23N3O. The lowest BCUT2D eigenvalue weighted by Crippen LogP contribution is -2.02. The molecule has 0 fully saturated rings. The van der Waals surface area contributed by atoms with Gasteiger partial charge in [0.25, 0.3) is 0 Å². The Labute approximate surface area is 224 Å². The third-order valence-electron chi connectivity index (χ3n) is 7.61. The van der Waals surface area contributed by atoms with E-state index < -0.39 is 0 Å². The number of rotatable bonds is 3. The fourth-order valence-corrected chi connectivity index (χ4v) is 5.82. The molecule has 0 aliphatic rings. The first-order chi connectivity index (χ1) is 19.3. The van der Waals surface area contributed by atoms with Gasteiger partial charge < -0.3 is 4.42 Å². The Morgan fingerprint density at radius 3 is 1.92 bits per heavy atom. The lowest BCUT2D eigenvalue weighted by molar-refractivity contribution is 0.652. The highest BCUT2D eigenvalue weighted by Crippen LogP contribution is 2.41. The number of nitrogens with zero attached hydrogens (tertiary/aromatic N) is 3. The Bertz CT molecular complexity index is 2130. The van der Waals surface area contributed by atoms with Crippen molar-refractivity contribution in [3.8, 4) is 28.3 Å². The molecule has 3 heterocycles. The number of fused-ring (bicyclic) bond motifs is 6. The summed E-state index contributed by atoms with van der Waals surface area (Å²) in [5.74, 6) is 0.593. The zero-order valence-corrected chi connectivity index (χ0v) is 21.3. The van der Waals surface area contributed by atoms with Gasteiger partial charge in [-0.25, -0.2) is 4.98 Å². The number of benzene rings is 5. The van der Waals surface area contributed by atoms with E-state index in [-0.39, 0.29) is 0 Å². The van der Waals surface area contributed by atoms with Crippen LogP contribution >= 0.6 is 0 Å². The first-order valence-corrected chi connectivity index (χ1v) is 13.1. The van der Waals surface area contributed by atoms with Crippen LogP contribution in [-0.4, -0.2) is 14.5 Å². The van der Waals surface area contributed by atoms with Crippen LogP contribution in [0.4, 0.5) is 0 Å². The highest BCUT2D eigenvalue weighted by Gasteiger charge is 2.22. The Morgan fingerprint density at radius 2 is 1.18 bits per heavy atom. The van der Waals surface area contributed by atoms with E-state index in [0.717, 1.165) is 49.8 Å². The highest BCUT2D eigenvalue weighted by molar-refractivity contribution is 6.14. The molecule has 4 heteroatoms. The Hall–Kier alpha value is -5.22. The van der Waals surface area contributed by atoms with Crippen LogP contribution in [0.5, 0.6) is 0 Å². The molecule has 5 aromatic carbocycles. The number of hydrogen-bond donors (Lipinski definition) is 0. The minimum Gasteiger partial charge on any atom is -0.437 e. The van der Waals surface area contributed by atoms with Crippen molar-refractivity contribution in [2.75, 3.05) is 0 Å². The van der Waals surface area contributed by atoms with Crippen LogP contribution in [0.3, 0.4) is 0 Å². The first kappa shape index (κ1) is 21.8. The number of aryl methyl sites for hydroxylation is 1. The molecule has 4 nitrogen and oxygen atoms in total. The van der Waals surface area contributed by atoms with Crippen molar-refractivity contribution in [1.29, 1.82) is 0 Å². The maximum atomic E-state index is 6.65. The number of para-hydroxylation sites is 3. The lowest BCUT2D eigenvalue weighted by Gasteiger charge is -2.09. The summed E-state index contributed by atoms with van der Waals surface area (Å²) < 4.78 is 8.80. The van der Waals surface area contributed by atoms with E-state index >= 15 is 0 Å². The summed E-state index contributed by atoms with van der Waals surface area (Å²) in [6, 6.07) is 41.9. The molecule has 0 spiro atoms.